The van der Waals surface area contributed by atoms with Crippen molar-refractivity contribution in [3.8, 4) is 5.75 Å². The average Bonchev–Trinajstić information content (AvgIpc) is 2.38. The lowest BCUT2D eigenvalue weighted by Gasteiger charge is -2.16. The second-order valence-electron chi connectivity index (χ2n) is 5.46. The second-order valence-corrected chi connectivity index (χ2v) is 5.46. The molecule has 0 fully saturated rings. The molecule has 1 aromatic carbocycles. The molecule has 0 saturated carbocycles. The van der Waals surface area contributed by atoms with Crippen LogP contribution in [-0.2, 0) is 9.59 Å². The number of benzene rings is 1. The molecule has 0 aliphatic carbocycles. The monoisotopic (exact) mass is 330 g/mol. The summed E-state index contributed by atoms with van der Waals surface area (Å²) >= 11 is 0. The third-order valence-electron chi connectivity index (χ3n) is 2.75. The van der Waals surface area contributed by atoms with Crippen LogP contribution in [0.1, 0.15) is 13.8 Å². The van der Waals surface area contributed by atoms with E-state index >= 15 is 0 Å². The Kier molecular flexibility index (Phi) is 7.40. The summed E-state index contributed by atoms with van der Waals surface area (Å²) in [6.07, 6.45) is 0. The van der Waals surface area contributed by atoms with E-state index in [1.54, 1.807) is 13.1 Å². The standard InChI is InChI=1S/C15H21F2N3O3/c1-10(2)18-13(21)8-20(3)9-14(22)19-11-6-4-5-7-12(11)23-15(16)17/h4-7,10,15H,8-9H2,1-3H3,(H,18,21)(H,19,22)/p+1. The van der Waals surface area contributed by atoms with E-state index in [0.29, 0.717) is 4.90 Å². The molecule has 0 aliphatic heterocycles. The molecule has 3 N–H and O–H groups in total. The number of anilines is 1. The van der Waals surface area contributed by atoms with Gasteiger partial charge < -0.3 is 20.3 Å². The highest BCUT2D eigenvalue weighted by atomic mass is 19.3. The fourth-order valence-electron chi connectivity index (χ4n) is 1.95. The molecule has 0 spiro atoms. The molecular weight excluding hydrogens is 308 g/mol. The van der Waals surface area contributed by atoms with Crippen LogP contribution in [0.15, 0.2) is 24.3 Å². The number of hydrogen-bond acceptors (Lipinski definition) is 3. The maximum Gasteiger partial charge on any atom is 0.387 e. The molecule has 1 rings (SSSR count). The zero-order valence-electron chi connectivity index (χ0n) is 13.4. The van der Waals surface area contributed by atoms with Crippen molar-refractivity contribution < 1.29 is 28.0 Å². The molecule has 0 aliphatic rings. The number of amides is 2. The zero-order valence-corrected chi connectivity index (χ0v) is 13.4. The van der Waals surface area contributed by atoms with E-state index in [-0.39, 0.29) is 36.5 Å². The molecule has 0 radical (unpaired) electrons. The van der Waals surface area contributed by atoms with Gasteiger partial charge in [0.25, 0.3) is 11.8 Å². The van der Waals surface area contributed by atoms with E-state index in [0.717, 1.165) is 0 Å². The first-order valence-electron chi connectivity index (χ1n) is 7.22. The lowest BCUT2D eigenvalue weighted by molar-refractivity contribution is -0.862. The Balaban J connectivity index is 2.55. The van der Waals surface area contributed by atoms with Crippen molar-refractivity contribution >= 4 is 17.5 Å². The number of ether oxygens (including phenoxy) is 1. The van der Waals surface area contributed by atoms with E-state index in [9.17, 15) is 18.4 Å². The maximum atomic E-state index is 12.3. The first kappa shape index (κ1) is 18.8. The Bertz CT molecular complexity index is 538. The number of halogens is 2. The summed E-state index contributed by atoms with van der Waals surface area (Å²) in [6.45, 7) is 0.885. The molecule has 0 aromatic heterocycles. The van der Waals surface area contributed by atoms with Gasteiger partial charge in [-0.25, -0.2) is 0 Å². The average molecular weight is 330 g/mol. The first-order chi connectivity index (χ1) is 10.8. The normalized spacial score (nSPS) is 12.1. The largest absolute Gasteiger partial charge is 0.433 e. The van der Waals surface area contributed by atoms with Gasteiger partial charge in [0.2, 0.25) is 0 Å². The molecular formula is C15H22F2N3O3+. The number of quaternary nitrogens is 1. The van der Waals surface area contributed by atoms with Crippen LogP contribution in [0.3, 0.4) is 0 Å². The van der Waals surface area contributed by atoms with E-state index in [1.807, 2.05) is 13.8 Å². The number of carbonyl (C=O) groups is 2. The third kappa shape index (κ3) is 7.55. The lowest BCUT2D eigenvalue weighted by atomic mass is 10.3. The Hall–Kier alpha value is -2.22. The number of likely N-dealkylation sites (N-methyl/N-ethyl adjacent to an activating group) is 1. The van der Waals surface area contributed by atoms with Crippen molar-refractivity contribution in [2.75, 3.05) is 25.5 Å². The van der Waals surface area contributed by atoms with Crippen molar-refractivity contribution in [3.63, 3.8) is 0 Å². The number of hydrogen-bond donors (Lipinski definition) is 3. The van der Waals surface area contributed by atoms with Gasteiger partial charge in [-0.1, -0.05) is 12.1 Å². The highest BCUT2D eigenvalue weighted by Crippen LogP contribution is 2.25. The molecule has 6 nitrogen and oxygen atoms in total. The first-order valence-corrected chi connectivity index (χ1v) is 7.22. The predicted octanol–water partition coefficient (Wildman–Crippen LogP) is 0.266. The van der Waals surface area contributed by atoms with Crippen LogP contribution in [-0.4, -0.2) is 44.6 Å². The molecule has 0 saturated heterocycles. The number of nitrogens with one attached hydrogen (secondary N) is 3. The Labute approximate surface area is 133 Å². The van der Waals surface area contributed by atoms with Crippen LogP contribution in [0, 0.1) is 0 Å². The van der Waals surface area contributed by atoms with Crippen LogP contribution >= 0.6 is 0 Å². The zero-order chi connectivity index (χ0) is 17.4. The van der Waals surface area contributed by atoms with Crippen LogP contribution in [0.2, 0.25) is 0 Å². The smallest absolute Gasteiger partial charge is 0.387 e. The van der Waals surface area contributed by atoms with Gasteiger partial charge in [0, 0.05) is 6.04 Å². The van der Waals surface area contributed by atoms with Crippen molar-refractivity contribution in [3.05, 3.63) is 24.3 Å². The summed E-state index contributed by atoms with van der Waals surface area (Å²) in [5, 5.41) is 5.24. The highest BCUT2D eigenvalue weighted by molar-refractivity contribution is 5.93. The molecule has 2 amide bonds. The fraction of sp³-hybridized carbons (Fsp3) is 0.467. The second kappa shape index (κ2) is 9.04. The summed E-state index contributed by atoms with van der Waals surface area (Å²) in [4.78, 5) is 24.2. The van der Waals surface area contributed by atoms with Gasteiger partial charge in [0.1, 0.15) is 5.75 Å². The van der Waals surface area contributed by atoms with Crippen molar-refractivity contribution in [2.24, 2.45) is 0 Å². The lowest BCUT2D eigenvalue weighted by Crippen LogP contribution is -3.11. The van der Waals surface area contributed by atoms with E-state index < -0.39 is 12.5 Å². The van der Waals surface area contributed by atoms with Crippen LogP contribution < -0.4 is 20.3 Å². The third-order valence-corrected chi connectivity index (χ3v) is 2.75. The van der Waals surface area contributed by atoms with Crippen molar-refractivity contribution in [1.29, 1.82) is 0 Å². The van der Waals surface area contributed by atoms with Crippen molar-refractivity contribution in [2.45, 2.75) is 26.5 Å². The summed E-state index contributed by atoms with van der Waals surface area (Å²) in [6, 6.07) is 5.97. The van der Waals surface area contributed by atoms with Gasteiger partial charge in [0.05, 0.1) is 12.7 Å². The minimum atomic E-state index is -2.97. The van der Waals surface area contributed by atoms with E-state index in [1.165, 1.54) is 18.2 Å². The maximum absolute atomic E-state index is 12.3. The minimum Gasteiger partial charge on any atom is -0.433 e. The quantitative estimate of drug-likeness (QED) is 0.641. The Morgan fingerprint density at radius 3 is 2.39 bits per heavy atom. The summed E-state index contributed by atoms with van der Waals surface area (Å²) in [5.41, 5.74) is 0.164. The van der Waals surface area contributed by atoms with Crippen molar-refractivity contribution in [1.82, 2.24) is 5.32 Å². The fourth-order valence-corrected chi connectivity index (χ4v) is 1.95. The molecule has 1 atom stereocenters. The van der Waals surface area contributed by atoms with Gasteiger partial charge >= 0.3 is 6.61 Å². The van der Waals surface area contributed by atoms with Crippen LogP contribution in [0.5, 0.6) is 5.75 Å². The Morgan fingerprint density at radius 1 is 1.17 bits per heavy atom. The number of para-hydroxylation sites is 2. The van der Waals surface area contributed by atoms with E-state index in [4.69, 9.17) is 0 Å². The van der Waals surface area contributed by atoms with Gasteiger partial charge in [-0.3, -0.25) is 9.59 Å². The summed E-state index contributed by atoms with van der Waals surface area (Å²) in [5.74, 6) is -0.664. The molecule has 0 heterocycles. The van der Waals surface area contributed by atoms with Crippen LogP contribution in [0.25, 0.3) is 0 Å². The Morgan fingerprint density at radius 2 is 1.78 bits per heavy atom. The molecule has 23 heavy (non-hydrogen) atoms. The molecule has 1 aromatic rings. The molecule has 0 bridgehead atoms. The predicted molar refractivity (Wildman–Crippen MR) is 81.6 cm³/mol. The topological polar surface area (TPSA) is 71.9 Å². The molecule has 8 heteroatoms. The minimum absolute atomic E-state index is 0.0223. The number of rotatable bonds is 8. The van der Waals surface area contributed by atoms with Gasteiger partial charge in [0.15, 0.2) is 13.1 Å². The summed E-state index contributed by atoms with van der Waals surface area (Å²) < 4.78 is 29.0. The number of alkyl halides is 2. The summed E-state index contributed by atoms with van der Waals surface area (Å²) in [7, 11) is 1.70. The molecule has 1 unspecified atom stereocenters. The van der Waals surface area contributed by atoms with Gasteiger partial charge in [-0.15, -0.1) is 0 Å². The molecule has 128 valence electrons. The van der Waals surface area contributed by atoms with E-state index in [2.05, 4.69) is 15.4 Å². The van der Waals surface area contributed by atoms with Gasteiger partial charge in [-0.2, -0.15) is 8.78 Å². The SMILES string of the molecule is CC(C)NC(=O)C[NH+](C)CC(=O)Nc1ccccc1OC(F)F. The van der Waals surface area contributed by atoms with Crippen LogP contribution in [0.4, 0.5) is 14.5 Å². The number of carbonyl (C=O) groups excluding carboxylic acids is 2. The highest BCUT2D eigenvalue weighted by Gasteiger charge is 2.16. The van der Waals surface area contributed by atoms with Gasteiger partial charge in [-0.05, 0) is 26.0 Å².